The molecule has 2 aromatic rings. The molecule has 0 saturated heterocycles. The smallest absolute Gasteiger partial charge is 0.265 e. The van der Waals surface area contributed by atoms with Crippen LogP contribution in [0.4, 0.5) is 5.69 Å². The summed E-state index contributed by atoms with van der Waals surface area (Å²) in [7, 11) is 0. The maximum Gasteiger partial charge on any atom is 0.265 e. The van der Waals surface area contributed by atoms with E-state index in [0.29, 0.717) is 0 Å². The number of rotatable bonds is 4. The van der Waals surface area contributed by atoms with Crippen molar-refractivity contribution in [3.63, 3.8) is 0 Å². The number of amides is 1. The number of nitrogens with one attached hydrogen (secondary N) is 1. The normalized spacial score (nSPS) is 11.8. The highest BCUT2D eigenvalue weighted by Crippen LogP contribution is 2.21. The number of anilines is 1. The minimum atomic E-state index is -0.564. The van der Waals surface area contributed by atoms with E-state index in [9.17, 15) is 4.79 Å². The second-order valence-electron chi connectivity index (χ2n) is 5.03. The van der Waals surface area contributed by atoms with Gasteiger partial charge in [-0.25, -0.2) is 0 Å². The minimum Gasteiger partial charge on any atom is -0.481 e. The van der Waals surface area contributed by atoms with Crippen LogP contribution in [0.3, 0.4) is 0 Å². The minimum absolute atomic E-state index is 0.173. The summed E-state index contributed by atoms with van der Waals surface area (Å²) in [5, 5.41) is 2.84. The zero-order valence-corrected chi connectivity index (χ0v) is 13.9. The standard InChI is InChI=1S/C17H18BrNO2/c1-11-7-8-16(12(2)9-11)21-13(3)17(20)19-15-6-4-5-14(18)10-15/h4-10,13H,1-3H3,(H,19,20)/t13-/m1/s1. The number of benzene rings is 2. The largest absolute Gasteiger partial charge is 0.481 e. The van der Waals surface area contributed by atoms with Crippen molar-refractivity contribution in [1.29, 1.82) is 0 Å². The molecule has 0 aliphatic heterocycles. The Morgan fingerprint density at radius 1 is 1.19 bits per heavy atom. The molecule has 0 aliphatic rings. The van der Waals surface area contributed by atoms with Crippen LogP contribution >= 0.6 is 15.9 Å². The predicted octanol–water partition coefficient (Wildman–Crippen LogP) is 4.47. The lowest BCUT2D eigenvalue weighted by atomic mass is 10.1. The first kappa shape index (κ1) is 15.6. The third kappa shape index (κ3) is 4.33. The lowest BCUT2D eigenvalue weighted by Crippen LogP contribution is -2.30. The second kappa shape index (κ2) is 6.76. The Hall–Kier alpha value is -1.81. The quantitative estimate of drug-likeness (QED) is 0.885. The summed E-state index contributed by atoms with van der Waals surface area (Å²) < 4.78 is 6.66. The summed E-state index contributed by atoms with van der Waals surface area (Å²) in [6.07, 6.45) is -0.564. The maximum absolute atomic E-state index is 12.2. The Bertz CT molecular complexity index is 655. The molecular weight excluding hydrogens is 330 g/mol. The van der Waals surface area contributed by atoms with E-state index in [2.05, 4.69) is 21.2 Å². The van der Waals surface area contributed by atoms with Gasteiger partial charge in [0.25, 0.3) is 5.91 Å². The summed E-state index contributed by atoms with van der Waals surface area (Å²) in [6.45, 7) is 5.74. The van der Waals surface area contributed by atoms with Crippen molar-refractivity contribution in [3.05, 3.63) is 58.1 Å². The summed E-state index contributed by atoms with van der Waals surface area (Å²) in [4.78, 5) is 12.2. The Morgan fingerprint density at radius 3 is 2.62 bits per heavy atom. The van der Waals surface area contributed by atoms with Gasteiger partial charge in [-0.3, -0.25) is 4.79 Å². The van der Waals surface area contributed by atoms with Crippen LogP contribution in [0.1, 0.15) is 18.1 Å². The molecule has 21 heavy (non-hydrogen) atoms. The van der Waals surface area contributed by atoms with E-state index in [1.54, 1.807) is 6.92 Å². The van der Waals surface area contributed by atoms with Gasteiger partial charge in [0.05, 0.1) is 0 Å². The first-order valence-corrected chi connectivity index (χ1v) is 7.55. The highest BCUT2D eigenvalue weighted by atomic mass is 79.9. The van der Waals surface area contributed by atoms with Gasteiger partial charge in [0.15, 0.2) is 6.10 Å². The number of carbonyl (C=O) groups is 1. The van der Waals surface area contributed by atoms with E-state index < -0.39 is 6.10 Å². The number of hydrogen-bond donors (Lipinski definition) is 1. The molecule has 0 fully saturated rings. The molecule has 0 radical (unpaired) electrons. The third-order valence-electron chi connectivity index (χ3n) is 3.10. The molecule has 0 spiro atoms. The van der Waals surface area contributed by atoms with Gasteiger partial charge in [-0.05, 0) is 50.6 Å². The molecular formula is C17H18BrNO2. The van der Waals surface area contributed by atoms with Crippen molar-refractivity contribution in [2.75, 3.05) is 5.32 Å². The van der Waals surface area contributed by atoms with Gasteiger partial charge in [-0.2, -0.15) is 0 Å². The molecule has 0 heterocycles. The Kier molecular flexibility index (Phi) is 5.02. The fraction of sp³-hybridized carbons (Fsp3) is 0.235. The fourth-order valence-electron chi connectivity index (χ4n) is 1.99. The van der Waals surface area contributed by atoms with Gasteiger partial charge in [-0.1, -0.05) is 39.7 Å². The van der Waals surface area contributed by atoms with Crippen molar-refractivity contribution in [2.45, 2.75) is 26.9 Å². The van der Waals surface area contributed by atoms with Gasteiger partial charge in [-0.15, -0.1) is 0 Å². The van der Waals surface area contributed by atoms with Crippen LogP contribution in [0, 0.1) is 13.8 Å². The van der Waals surface area contributed by atoms with Gasteiger partial charge >= 0.3 is 0 Å². The number of ether oxygens (including phenoxy) is 1. The number of aryl methyl sites for hydroxylation is 2. The van der Waals surface area contributed by atoms with Crippen LogP contribution in [0.15, 0.2) is 46.9 Å². The number of hydrogen-bond acceptors (Lipinski definition) is 2. The summed E-state index contributed by atoms with van der Waals surface area (Å²) >= 11 is 3.38. The van der Waals surface area contributed by atoms with Crippen molar-refractivity contribution in [3.8, 4) is 5.75 Å². The molecule has 0 aliphatic carbocycles. The molecule has 2 rings (SSSR count). The van der Waals surface area contributed by atoms with E-state index in [1.165, 1.54) is 5.56 Å². The van der Waals surface area contributed by atoms with Crippen LogP contribution in [-0.2, 0) is 4.79 Å². The van der Waals surface area contributed by atoms with E-state index in [1.807, 2.05) is 56.3 Å². The molecule has 0 aromatic heterocycles. The molecule has 0 unspecified atom stereocenters. The number of halogens is 1. The first-order chi connectivity index (χ1) is 9.95. The zero-order chi connectivity index (χ0) is 15.4. The van der Waals surface area contributed by atoms with Crippen LogP contribution in [0.25, 0.3) is 0 Å². The van der Waals surface area contributed by atoms with Gasteiger partial charge in [0.2, 0.25) is 0 Å². The van der Waals surface area contributed by atoms with Crippen LogP contribution in [0.2, 0.25) is 0 Å². The van der Waals surface area contributed by atoms with Crippen molar-refractivity contribution < 1.29 is 9.53 Å². The molecule has 110 valence electrons. The SMILES string of the molecule is Cc1ccc(O[C@H](C)C(=O)Nc2cccc(Br)c2)c(C)c1. The van der Waals surface area contributed by atoms with Crippen LogP contribution in [0.5, 0.6) is 5.75 Å². The van der Waals surface area contributed by atoms with E-state index in [4.69, 9.17) is 4.74 Å². The molecule has 0 saturated carbocycles. The van der Waals surface area contributed by atoms with Crippen LogP contribution in [-0.4, -0.2) is 12.0 Å². The average Bonchev–Trinajstić information content (AvgIpc) is 2.41. The summed E-state index contributed by atoms with van der Waals surface area (Å²) in [5.74, 6) is 0.561. The summed E-state index contributed by atoms with van der Waals surface area (Å²) in [6, 6.07) is 13.4. The highest BCUT2D eigenvalue weighted by molar-refractivity contribution is 9.10. The fourth-order valence-corrected chi connectivity index (χ4v) is 2.38. The predicted molar refractivity (Wildman–Crippen MR) is 88.8 cm³/mol. The Morgan fingerprint density at radius 2 is 1.95 bits per heavy atom. The van der Waals surface area contributed by atoms with Gasteiger partial charge in [0.1, 0.15) is 5.75 Å². The molecule has 1 atom stereocenters. The lowest BCUT2D eigenvalue weighted by Gasteiger charge is -2.16. The van der Waals surface area contributed by atoms with Crippen molar-refractivity contribution in [2.24, 2.45) is 0 Å². The van der Waals surface area contributed by atoms with E-state index in [-0.39, 0.29) is 5.91 Å². The maximum atomic E-state index is 12.2. The van der Waals surface area contributed by atoms with Crippen LogP contribution < -0.4 is 10.1 Å². The first-order valence-electron chi connectivity index (χ1n) is 6.76. The topological polar surface area (TPSA) is 38.3 Å². The molecule has 4 heteroatoms. The highest BCUT2D eigenvalue weighted by Gasteiger charge is 2.15. The Balaban J connectivity index is 2.02. The molecule has 0 bridgehead atoms. The van der Waals surface area contributed by atoms with Gasteiger partial charge < -0.3 is 10.1 Å². The molecule has 1 amide bonds. The zero-order valence-electron chi connectivity index (χ0n) is 12.3. The average molecular weight is 348 g/mol. The lowest BCUT2D eigenvalue weighted by molar-refractivity contribution is -0.122. The monoisotopic (exact) mass is 347 g/mol. The van der Waals surface area contributed by atoms with E-state index in [0.717, 1.165) is 21.5 Å². The molecule has 2 aromatic carbocycles. The molecule has 3 nitrogen and oxygen atoms in total. The van der Waals surface area contributed by atoms with Crippen molar-refractivity contribution in [1.82, 2.24) is 0 Å². The third-order valence-corrected chi connectivity index (χ3v) is 3.59. The van der Waals surface area contributed by atoms with Crippen molar-refractivity contribution >= 4 is 27.5 Å². The number of carbonyl (C=O) groups excluding carboxylic acids is 1. The Labute approximate surface area is 133 Å². The molecule has 1 N–H and O–H groups in total. The van der Waals surface area contributed by atoms with Gasteiger partial charge in [0, 0.05) is 10.2 Å². The summed E-state index contributed by atoms with van der Waals surface area (Å²) in [5.41, 5.74) is 2.94. The second-order valence-corrected chi connectivity index (χ2v) is 5.94. The van der Waals surface area contributed by atoms with E-state index >= 15 is 0 Å².